The van der Waals surface area contributed by atoms with Crippen LogP contribution in [0.5, 0.6) is 0 Å². The van der Waals surface area contributed by atoms with E-state index >= 15 is 0 Å². The first kappa shape index (κ1) is 14.2. The van der Waals surface area contributed by atoms with Gasteiger partial charge in [-0.1, -0.05) is 6.07 Å². The van der Waals surface area contributed by atoms with Crippen LogP contribution in [0.3, 0.4) is 0 Å². The minimum absolute atomic E-state index is 0.0177. The summed E-state index contributed by atoms with van der Waals surface area (Å²) in [5.41, 5.74) is 6.05. The predicted molar refractivity (Wildman–Crippen MR) is 77.2 cm³/mol. The first-order valence-corrected chi connectivity index (χ1v) is 7.54. The van der Waals surface area contributed by atoms with E-state index < -0.39 is 23.9 Å². The third-order valence-electron chi connectivity index (χ3n) is 5.04. The number of amides is 2. The second-order valence-corrected chi connectivity index (χ2v) is 6.39. The van der Waals surface area contributed by atoms with Gasteiger partial charge in [-0.3, -0.25) is 14.5 Å². The number of nitrogens with zero attached hydrogens (tertiary/aromatic N) is 1. The van der Waals surface area contributed by atoms with Crippen LogP contribution in [0, 0.1) is 17.7 Å². The van der Waals surface area contributed by atoms with E-state index in [-0.39, 0.29) is 30.1 Å². The first-order chi connectivity index (χ1) is 11.0. The largest absolute Gasteiger partial charge is 0.434 e. The standard InChI is InChI=1S/C16H15FN2O4/c17-12-3-7(19-6-13(15(18)21)23-16(19)22)1-2-9(12)14-10-4-8(20)5-11(10)14/h1-3,10-11,13-14H,4-6H2,(H2,18,21)/t10-,11+,13-,14?/m1/s1. The highest BCUT2D eigenvalue weighted by atomic mass is 19.1. The van der Waals surface area contributed by atoms with E-state index in [2.05, 4.69) is 0 Å². The Morgan fingerprint density at radius 1 is 1.26 bits per heavy atom. The SMILES string of the molecule is NC(=O)[C@H]1CN(c2ccc(C3[C@H]4CC(=O)C[C@@H]34)c(F)c2)C(=O)O1. The van der Waals surface area contributed by atoms with Crippen molar-refractivity contribution in [3.63, 3.8) is 0 Å². The van der Waals surface area contributed by atoms with Crippen molar-refractivity contribution in [1.29, 1.82) is 0 Å². The smallest absolute Gasteiger partial charge is 0.415 e. The fraction of sp³-hybridized carbons (Fsp3) is 0.438. The van der Waals surface area contributed by atoms with Gasteiger partial charge in [-0.05, 0) is 35.4 Å². The monoisotopic (exact) mass is 318 g/mol. The molecule has 0 aromatic heterocycles. The Bertz CT molecular complexity index is 721. The number of cyclic esters (lactones) is 1. The molecule has 2 aliphatic carbocycles. The molecule has 0 bridgehead atoms. The van der Waals surface area contributed by atoms with Gasteiger partial charge < -0.3 is 10.5 Å². The molecular weight excluding hydrogens is 303 g/mol. The van der Waals surface area contributed by atoms with Gasteiger partial charge in [0, 0.05) is 12.8 Å². The molecule has 120 valence electrons. The summed E-state index contributed by atoms with van der Waals surface area (Å²) in [6, 6.07) is 4.57. The highest BCUT2D eigenvalue weighted by Gasteiger charge is 2.57. The summed E-state index contributed by atoms with van der Waals surface area (Å²) in [6.45, 7) is -0.0177. The van der Waals surface area contributed by atoms with Crippen LogP contribution in [0.2, 0.25) is 0 Å². The van der Waals surface area contributed by atoms with Gasteiger partial charge in [0.25, 0.3) is 5.91 Å². The van der Waals surface area contributed by atoms with Gasteiger partial charge in [-0.15, -0.1) is 0 Å². The number of halogens is 1. The van der Waals surface area contributed by atoms with E-state index in [9.17, 15) is 18.8 Å². The zero-order chi connectivity index (χ0) is 16.3. The number of Topliss-reactive ketones (excluding diaryl/α,β-unsaturated/α-hetero) is 1. The normalized spacial score (nSPS) is 32.0. The van der Waals surface area contributed by atoms with E-state index in [4.69, 9.17) is 10.5 Å². The summed E-state index contributed by atoms with van der Waals surface area (Å²) >= 11 is 0. The average Bonchev–Trinajstić information content (AvgIpc) is 2.84. The third kappa shape index (κ3) is 2.18. The molecule has 1 unspecified atom stereocenters. The molecule has 2 N–H and O–H groups in total. The van der Waals surface area contributed by atoms with Crippen LogP contribution in [0.1, 0.15) is 24.3 Å². The van der Waals surface area contributed by atoms with Gasteiger partial charge in [0.1, 0.15) is 11.6 Å². The summed E-state index contributed by atoms with van der Waals surface area (Å²) in [6.07, 6.45) is -0.654. The van der Waals surface area contributed by atoms with Crippen molar-refractivity contribution in [3.05, 3.63) is 29.6 Å². The number of hydrogen-bond acceptors (Lipinski definition) is 4. The molecule has 23 heavy (non-hydrogen) atoms. The Morgan fingerprint density at radius 3 is 2.52 bits per heavy atom. The number of anilines is 1. The summed E-state index contributed by atoms with van der Waals surface area (Å²) in [5.74, 6) is -0.244. The highest BCUT2D eigenvalue weighted by Crippen LogP contribution is 2.62. The second kappa shape index (κ2) is 4.78. The number of fused-ring (bicyclic) bond motifs is 1. The number of ketones is 1. The average molecular weight is 318 g/mol. The van der Waals surface area contributed by atoms with E-state index in [1.165, 1.54) is 11.0 Å². The molecule has 1 heterocycles. The summed E-state index contributed by atoms with van der Waals surface area (Å²) < 4.78 is 19.3. The molecule has 1 aliphatic heterocycles. The Labute approximate surface area is 131 Å². The molecule has 1 aromatic rings. The Balaban J connectivity index is 1.54. The van der Waals surface area contributed by atoms with Gasteiger partial charge in [0.05, 0.1) is 12.2 Å². The Hall–Kier alpha value is -2.44. The Kier molecular flexibility index (Phi) is 2.94. The minimum atomic E-state index is -1.01. The van der Waals surface area contributed by atoms with E-state index in [1.807, 2.05) is 0 Å². The molecule has 4 atom stereocenters. The number of ether oxygens (including phenoxy) is 1. The molecular formula is C16H15FN2O4. The molecule has 2 amide bonds. The lowest BCUT2D eigenvalue weighted by Gasteiger charge is -2.14. The van der Waals surface area contributed by atoms with Crippen molar-refractivity contribution in [2.24, 2.45) is 17.6 Å². The number of primary amides is 1. The molecule has 0 spiro atoms. The van der Waals surface area contributed by atoms with Crippen molar-refractivity contribution in [1.82, 2.24) is 0 Å². The second-order valence-electron chi connectivity index (χ2n) is 6.39. The van der Waals surface area contributed by atoms with Crippen LogP contribution in [0.4, 0.5) is 14.9 Å². The number of benzene rings is 1. The number of nitrogens with two attached hydrogens (primary N) is 1. The summed E-state index contributed by atoms with van der Waals surface area (Å²) in [5, 5.41) is 0. The molecule has 4 rings (SSSR count). The molecule has 3 aliphatic rings. The maximum atomic E-state index is 14.4. The van der Waals surface area contributed by atoms with E-state index in [0.717, 1.165) is 0 Å². The third-order valence-corrected chi connectivity index (χ3v) is 5.04. The zero-order valence-electron chi connectivity index (χ0n) is 12.2. The van der Waals surface area contributed by atoms with Crippen molar-refractivity contribution in [2.75, 3.05) is 11.4 Å². The minimum Gasteiger partial charge on any atom is -0.434 e. The lowest BCUT2D eigenvalue weighted by molar-refractivity contribution is -0.124. The van der Waals surface area contributed by atoms with E-state index in [0.29, 0.717) is 24.1 Å². The molecule has 1 aromatic carbocycles. The molecule has 0 radical (unpaired) electrons. The lowest BCUT2D eigenvalue weighted by atomic mass is 10.0. The van der Waals surface area contributed by atoms with Crippen molar-refractivity contribution in [3.8, 4) is 0 Å². The lowest BCUT2D eigenvalue weighted by Crippen LogP contribution is -2.32. The fourth-order valence-corrected chi connectivity index (χ4v) is 3.85. The van der Waals surface area contributed by atoms with Crippen LogP contribution in [0.25, 0.3) is 0 Å². The fourth-order valence-electron chi connectivity index (χ4n) is 3.85. The summed E-state index contributed by atoms with van der Waals surface area (Å²) in [4.78, 5) is 35.4. The van der Waals surface area contributed by atoms with E-state index in [1.54, 1.807) is 12.1 Å². The number of carbonyl (C=O) groups excluding carboxylic acids is 3. The molecule has 1 saturated heterocycles. The van der Waals surface area contributed by atoms with Crippen LogP contribution in [-0.2, 0) is 14.3 Å². The van der Waals surface area contributed by atoms with Crippen molar-refractivity contribution >= 4 is 23.5 Å². The number of carbonyl (C=O) groups is 3. The van der Waals surface area contributed by atoms with Gasteiger partial charge in [0.15, 0.2) is 6.10 Å². The van der Waals surface area contributed by atoms with Crippen molar-refractivity contribution < 1.29 is 23.5 Å². The van der Waals surface area contributed by atoms with Crippen molar-refractivity contribution in [2.45, 2.75) is 24.9 Å². The highest BCUT2D eigenvalue weighted by molar-refractivity contribution is 5.95. The predicted octanol–water partition coefficient (Wildman–Crippen LogP) is 1.33. The number of hydrogen-bond donors (Lipinski definition) is 1. The van der Waals surface area contributed by atoms with Crippen LogP contribution < -0.4 is 10.6 Å². The molecule has 3 fully saturated rings. The molecule has 7 heteroatoms. The van der Waals surface area contributed by atoms with Gasteiger partial charge in [-0.2, -0.15) is 0 Å². The van der Waals surface area contributed by atoms with Gasteiger partial charge in [-0.25, -0.2) is 9.18 Å². The zero-order valence-corrected chi connectivity index (χ0v) is 12.2. The maximum absolute atomic E-state index is 14.4. The van der Waals surface area contributed by atoms with Crippen LogP contribution in [-0.4, -0.2) is 30.4 Å². The quantitative estimate of drug-likeness (QED) is 0.910. The van der Waals surface area contributed by atoms with Gasteiger partial charge in [0.2, 0.25) is 0 Å². The summed E-state index contributed by atoms with van der Waals surface area (Å²) in [7, 11) is 0. The topological polar surface area (TPSA) is 89.7 Å². The molecule has 2 saturated carbocycles. The Morgan fingerprint density at radius 2 is 1.96 bits per heavy atom. The van der Waals surface area contributed by atoms with Crippen LogP contribution in [0.15, 0.2) is 18.2 Å². The maximum Gasteiger partial charge on any atom is 0.415 e. The molecule has 6 nitrogen and oxygen atoms in total. The van der Waals surface area contributed by atoms with Gasteiger partial charge >= 0.3 is 6.09 Å². The van der Waals surface area contributed by atoms with Crippen LogP contribution >= 0.6 is 0 Å². The first-order valence-electron chi connectivity index (χ1n) is 7.54. The number of rotatable bonds is 3.